The van der Waals surface area contributed by atoms with Gasteiger partial charge in [-0.2, -0.15) is 0 Å². The van der Waals surface area contributed by atoms with Crippen LogP contribution in [-0.4, -0.2) is 31.9 Å². The van der Waals surface area contributed by atoms with E-state index in [0.29, 0.717) is 0 Å². The number of aliphatic hydroxyl groups excluding tert-OH is 1. The number of carbonyl (C=O) groups is 2. The van der Waals surface area contributed by atoms with Crippen molar-refractivity contribution in [2.75, 3.05) is 14.2 Å². The van der Waals surface area contributed by atoms with Crippen molar-refractivity contribution in [2.45, 2.75) is 52.4 Å². The van der Waals surface area contributed by atoms with Crippen molar-refractivity contribution in [3.63, 3.8) is 0 Å². The minimum atomic E-state index is 0.204. The lowest BCUT2D eigenvalue weighted by molar-refractivity contribution is -0.110. The molecule has 1 aromatic carbocycles. The first-order valence-corrected chi connectivity index (χ1v) is 9.59. The van der Waals surface area contributed by atoms with Gasteiger partial charge in [-0.05, 0) is 67.1 Å². The molecule has 0 saturated heterocycles. The van der Waals surface area contributed by atoms with E-state index in [0.717, 1.165) is 56.0 Å². The Hall–Kier alpha value is -1.68. The Kier molecular flexibility index (Phi) is 10.2. The minimum absolute atomic E-state index is 0.204. The second-order valence-electron chi connectivity index (χ2n) is 7.39. The zero-order valence-electron chi connectivity index (χ0n) is 16.6. The number of rotatable bonds is 5. The normalized spacial score (nSPS) is 22.8. The third kappa shape index (κ3) is 5.94. The third-order valence-corrected chi connectivity index (χ3v) is 5.42. The number of ether oxygens (including phenoxy) is 1. The quantitative estimate of drug-likeness (QED) is 0.808. The Bertz CT molecular complexity index is 553. The number of carbonyl (C=O) groups excluding carboxylic acids is 2. The summed E-state index contributed by atoms with van der Waals surface area (Å²) in [4.78, 5) is 20.1. The summed E-state index contributed by atoms with van der Waals surface area (Å²) in [7, 11) is 2.77. The van der Waals surface area contributed by atoms with Gasteiger partial charge in [0.05, 0.1) is 7.11 Å². The lowest BCUT2D eigenvalue weighted by atomic mass is 9.74. The number of hydrogen-bond donors (Lipinski definition) is 1. The smallest absolute Gasteiger partial charge is 0.122 e. The molecule has 1 unspecified atom stereocenters. The molecule has 4 nitrogen and oxygen atoms in total. The predicted molar refractivity (Wildman–Crippen MR) is 104 cm³/mol. The second-order valence-corrected chi connectivity index (χ2v) is 7.39. The molecular weight excluding hydrogens is 328 g/mol. The monoisotopic (exact) mass is 362 g/mol. The molecule has 4 heteroatoms. The van der Waals surface area contributed by atoms with Crippen molar-refractivity contribution in [3.05, 3.63) is 29.3 Å². The van der Waals surface area contributed by atoms with Crippen LogP contribution in [0.3, 0.4) is 0 Å². The molecule has 1 N–H and O–H groups in total. The van der Waals surface area contributed by atoms with Crippen LogP contribution in [0, 0.1) is 23.7 Å². The summed E-state index contributed by atoms with van der Waals surface area (Å²) in [5, 5.41) is 7.00. The van der Waals surface area contributed by atoms with Crippen molar-refractivity contribution in [2.24, 2.45) is 23.7 Å². The molecule has 0 amide bonds. The van der Waals surface area contributed by atoms with Gasteiger partial charge < -0.3 is 19.4 Å². The number of aliphatic hydroxyl groups is 1. The van der Waals surface area contributed by atoms with Crippen LogP contribution in [0.15, 0.2) is 18.2 Å². The van der Waals surface area contributed by atoms with E-state index in [1.165, 1.54) is 36.8 Å². The Morgan fingerprint density at radius 3 is 2.46 bits per heavy atom. The van der Waals surface area contributed by atoms with E-state index in [1.54, 1.807) is 7.11 Å². The SMILES string of the molecule is CC(C)C=O.CO.COc1cccc2c1C[C@H]1CCC(CCC=O)[C@H]1C2. The van der Waals surface area contributed by atoms with Gasteiger partial charge in [0, 0.05) is 19.4 Å². The van der Waals surface area contributed by atoms with E-state index >= 15 is 0 Å². The van der Waals surface area contributed by atoms with Crippen molar-refractivity contribution >= 4 is 12.6 Å². The predicted octanol–water partition coefficient (Wildman–Crippen LogP) is 3.87. The zero-order chi connectivity index (χ0) is 19.5. The molecule has 1 saturated carbocycles. The molecule has 0 heterocycles. The van der Waals surface area contributed by atoms with Gasteiger partial charge in [0.15, 0.2) is 0 Å². The van der Waals surface area contributed by atoms with E-state index < -0.39 is 0 Å². The largest absolute Gasteiger partial charge is 0.496 e. The molecule has 0 aromatic heterocycles. The molecule has 3 rings (SSSR count). The lowest BCUT2D eigenvalue weighted by Gasteiger charge is -2.32. The summed E-state index contributed by atoms with van der Waals surface area (Å²) >= 11 is 0. The fraction of sp³-hybridized carbons (Fsp3) is 0.636. The molecule has 1 fully saturated rings. The average molecular weight is 363 g/mol. The molecule has 0 radical (unpaired) electrons. The molecule has 26 heavy (non-hydrogen) atoms. The summed E-state index contributed by atoms with van der Waals surface area (Å²) in [6.45, 7) is 3.71. The number of benzene rings is 1. The number of methoxy groups -OCH3 is 1. The van der Waals surface area contributed by atoms with Crippen LogP contribution in [0.1, 0.15) is 50.7 Å². The summed E-state index contributed by atoms with van der Waals surface area (Å²) in [6, 6.07) is 6.44. The van der Waals surface area contributed by atoms with Crippen LogP contribution in [0.25, 0.3) is 0 Å². The zero-order valence-corrected chi connectivity index (χ0v) is 16.6. The van der Waals surface area contributed by atoms with Crippen molar-refractivity contribution in [1.82, 2.24) is 0 Å². The molecule has 2 aliphatic carbocycles. The third-order valence-electron chi connectivity index (χ3n) is 5.42. The van der Waals surface area contributed by atoms with E-state index in [-0.39, 0.29) is 5.92 Å². The second kappa shape index (κ2) is 11.8. The highest BCUT2D eigenvalue weighted by Gasteiger charge is 2.39. The molecule has 2 aliphatic rings. The van der Waals surface area contributed by atoms with Crippen LogP contribution in [0.4, 0.5) is 0 Å². The molecule has 0 aliphatic heterocycles. The van der Waals surface area contributed by atoms with Crippen LogP contribution < -0.4 is 4.74 Å². The lowest BCUT2D eigenvalue weighted by Crippen LogP contribution is -2.25. The first-order chi connectivity index (χ1) is 12.6. The van der Waals surface area contributed by atoms with E-state index in [4.69, 9.17) is 9.84 Å². The Balaban J connectivity index is 0.000000420. The fourth-order valence-corrected chi connectivity index (χ4v) is 4.21. The number of hydrogen-bond acceptors (Lipinski definition) is 4. The first kappa shape index (κ1) is 22.4. The van der Waals surface area contributed by atoms with Crippen molar-refractivity contribution < 1.29 is 19.4 Å². The van der Waals surface area contributed by atoms with Gasteiger partial charge in [0.1, 0.15) is 18.3 Å². The van der Waals surface area contributed by atoms with Gasteiger partial charge in [0.25, 0.3) is 0 Å². The molecule has 3 atom stereocenters. The summed E-state index contributed by atoms with van der Waals surface area (Å²) < 4.78 is 5.51. The van der Waals surface area contributed by atoms with Gasteiger partial charge in [-0.25, -0.2) is 0 Å². The Labute approximate surface area is 158 Å². The van der Waals surface area contributed by atoms with Crippen molar-refractivity contribution in [1.29, 1.82) is 0 Å². The van der Waals surface area contributed by atoms with E-state index in [1.807, 2.05) is 13.8 Å². The van der Waals surface area contributed by atoms with Crippen LogP contribution in [0.5, 0.6) is 5.75 Å². The highest BCUT2D eigenvalue weighted by atomic mass is 16.5. The molecule has 0 bridgehead atoms. The highest BCUT2D eigenvalue weighted by molar-refractivity contribution is 5.51. The maximum Gasteiger partial charge on any atom is 0.122 e. The highest BCUT2D eigenvalue weighted by Crippen LogP contribution is 2.47. The Morgan fingerprint density at radius 2 is 1.88 bits per heavy atom. The van der Waals surface area contributed by atoms with Gasteiger partial charge in [-0.15, -0.1) is 0 Å². The Morgan fingerprint density at radius 1 is 1.19 bits per heavy atom. The van der Waals surface area contributed by atoms with Crippen LogP contribution >= 0.6 is 0 Å². The maximum atomic E-state index is 10.6. The molecular formula is C22H34O4. The topological polar surface area (TPSA) is 63.6 Å². The standard InChI is InChI=1S/C17H22O2.C4H8O.CH4O/c1-19-17-6-2-4-13-10-15-12(5-3-9-18)7-8-14(15)11-16(13)17;1-4(2)3-5;1-2/h2,4,6,9,12,14-15H,3,5,7-8,10-11H2,1H3;3-4H,1-2H3;2H,1H3/t12?,14-,15-;;/m1../s1. The molecule has 146 valence electrons. The molecule has 0 spiro atoms. The maximum absolute atomic E-state index is 10.6. The van der Waals surface area contributed by atoms with Crippen LogP contribution in [-0.2, 0) is 22.4 Å². The van der Waals surface area contributed by atoms with Gasteiger partial charge in [0.2, 0.25) is 0 Å². The van der Waals surface area contributed by atoms with Gasteiger partial charge in [-0.3, -0.25) is 0 Å². The van der Waals surface area contributed by atoms with E-state index in [9.17, 15) is 9.59 Å². The van der Waals surface area contributed by atoms with Gasteiger partial charge in [-0.1, -0.05) is 26.0 Å². The summed E-state index contributed by atoms with van der Waals surface area (Å²) in [5.41, 5.74) is 2.90. The summed E-state index contributed by atoms with van der Waals surface area (Å²) in [5.74, 6) is 3.62. The fourth-order valence-electron chi connectivity index (χ4n) is 4.21. The van der Waals surface area contributed by atoms with E-state index in [2.05, 4.69) is 18.2 Å². The first-order valence-electron chi connectivity index (χ1n) is 9.59. The number of fused-ring (bicyclic) bond motifs is 2. The molecule has 1 aromatic rings. The van der Waals surface area contributed by atoms with Crippen molar-refractivity contribution in [3.8, 4) is 5.75 Å². The van der Waals surface area contributed by atoms with Gasteiger partial charge >= 0.3 is 0 Å². The summed E-state index contributed by atoms with van der Waals surface area (Å²) in [6.07, 6.45) is 8.80. The minimum Gasteiger partial charge on any atom is -0.496 e. The van der Waals surface area contributed by atoms with Crippen LogP contribution in [0.2, 0.25) is 0 Å². The average Bonchev–Trinajstić information content (AvgIpc) is 3.08. The number of aldehydes is 2.